The van der Waals surface area contributed by atoms with Crippen molar-refractivity contribution in [1.29, 1.82) is 5.26 Å². The molecule has 114 valence electrons. The molecule has 5 nitrogen and oxygen atoms in total. The number of methoxy groups -OCH3 is 1. The number of benzene rings is 1. The summed E-state index contributed by atoms with van der Waals surface area (Å²) in [6.45, 7) is 1.64. The average Bonchev–Trinajstić information content (AvgIpc) is 2.50. The van der Waals surface area contributed by atoms with E-state index in [9.17, 15) is 14.4 Å². The van der Waals surface area contributed by atoms with Crippen molar-refractivity contribution in [3.63, 3.8) is 0 Å². The molecule has 0 radical (unpaired) electrons. The SMILES string of the molecule is COc1c(F)cc(-c2nc(SC)[nH]c(=O)c2C#N)c(C)c1Cl. The van der Waals surface area contributed by atoms with Gasteiger partial charge >= 0.3 is 0 Å². The molecule has 8 heteroatoms. The molecular formula is C14H11ClFN3O2S. The minimum atomic E-state index is -0.690. The van der Waals surface area contributed by atoms with E-state index in [1.807, 2.05) is 0 Å². The molecule has 1 N–H and O–H groups in total. The number of aromatic nitrogens is 2. The summed E-state index contributed by atoms with van der Waals surface area (Å²) in [4.78, 5) is 18.6. The number of halogens is 2. The van der Waals surface area contributed by atoms with Gasteiger partial charge in [0.15, 0.2) is 16.7 Å². The van der Waals surface area contributed by atoms with Gasteiger partial charge in [-0.15, -0.1) is 0 Å². The quantitative estimate of drug-likeness (QED) is 0.686. The van der Waals surface area contributed by atoms with Crippen molar-refractivity contribution in [2.24, 2.45) is 0 Å². The third kappa shape index (κ3) is 2.67. The molecule has 0 amide bonds. The molecule has 22 heavy (non-hydrogen) atoms. The van der Waals surface area contributed by atoms with Crippen LogP contribution in [0.4, 0.5) is 4.39 Å². The van der Waals surface area contributed by atoms with E-state index in [1.54, 1.807) is 19.2 Å². The lowest BCUT2D eigenvalue weighted by Crippen LogP contribution is -2.15. The molecule has 0 saturated carbocycles. The fraction of sp³-hybridized carbons (Fsp3) is 0.214. The van der Waals surface area contributed by atoms with E-state index in [0.717, 1.165) is 6.07 Å². The Bertz CT molecular complexity index is 845. The van der Waals surface area contributed by atoms with Crippen LogP contribution in [0.5, 0.6) is 5.75 Å². The van der Waals surface area contributed by atoms with Crippen LogP contribution >= 0.6 is 23.4 Å². The maximum atomic E-state index is 14.1. The minimum Gasteiger partial charge on any atom is -0.492 e. The lowest BCUT2D eigenvalue weighted by atomic mass is 10.0. The number of nitriles is 1. The van der Waals surface area contributed by atoms with Crippen LogP contribution in [0.3, 0.4) is 0 Å². The lowest BCUT2D eigenvalue weighted by molar-refractivity contribution is 0.386. The number of rotatable bonds is 3. The molecule has 2 rings (SSSR count). The van der Waals surface area contributed by atoms with Gasteiger partial charge in [-0.1, -0.05) is 23.4 Å². The zero-order valence-electron chi connectivity index (χ0n) is 12.0. The fourth-order valence-corrected chi connectivity index (χ4v) is 2.62. The van der Waals surface area contributed by atoms with Crippen LogP contribution in [0.25, 0.3) is 11.3 Å². The van der Waals surface area contributed by atoms with Gasteiger partial charge in [-0.25, -0.2) is 9.37 Å². The van der Waals surface area contributed by atoms with Gasteiger partial charge < -0.3 is 9.72 Å². The predicted molar refractivity (Wildman–Crippen MR) is 83.0 cm³/mol. The highest BCUT2D eigenvalue weighted by Gasteiger charge is 2.21. The van der Waals surface area contributed by atoms with Crippen molar-refractivity contribution < 1.29 is 9.13 Å². The van der Waals surface area contributed by atoms with E-state index in [0.29, 0.717) is 10.7 Å². The molecule has 0 unspecified atom stereocenters. The maximum Gasteiger partial charge on any atom is 0.270 e. The number of nitrogens with zero attached hydrogens (tertiary/aromatic N) is 2. The first-order valence-electron chi connectivity index (χ1n) is 6.06. The molecule has 0 saturated heterocycles. The van der Waals surface area contributed by atoms with Crippen molar-refractivity contribution in [1.82, 2.24) is 9.97 Å². The highest BCUT2D eigenvalue weighted by molar-refractivity contribution is 7.98. The van der Waals surface area contributed by atoms with Crippen molar-refractivity contribution >= 4 is 23.4 Å². The van der Waals surface area contributed by atoms with E-state index in [-0.39, 0.29) is 27.6 Å². The van der Waals surface area contributed by atoms with Crippen LogP contribution in [0.1, 0.15) is 11.1 Å². The zero-order chi connectivity index (χ0) is 16.4. The third-order valence-corrected chi connectivity index (χ3v) is 4.12. The molecule has 0 spiro atoms. The van der Waals surface area contributed by atoms with Gasteiger partial charge in [0.05, 0.1) is 17.8 Å². The Balaban J connectivity index is 2.86. The Morgan fingerprint density at radius 3 is 2.77 bits per heavy atom. The Morgan fingerprint density at radius 2 is 2.23 bits per heavy atom. The summed E-state index contributed by atoms with van der Waals surface area (Å²) < 4.78 is 19.0. The van der Waals surface area contributed by atoms with Gasteiger partial charge in [-0.05, 0) is 24.8 Å². The molecule has 0 bridgehead atoms. The zero-order valence-corrected chi connectivity index (χ0v) is 13.5. The first-order chi connectivity index (χ1) is 10.4. The van der Waals surface area contributed by atoms with Gasteiger partial charge in [-0.3, -0.25) is 4.79 Å². The molecule has 1 aromatic carbocycles. The number of aromatic amines is 1. The van der Waals surface area contributed by atoms with Gasteiger partial charge in [-0.2, -0.15) is 5.26 Å². The molecule has 0 atom stereocenters. The lowest BCUT2D eigenvalue weighted by Gasteiger charge is -2.13. The predicted octanol–water partition coefficient (Wildman–Crippen LogP) is 3.14. The van der Waals surface area contributed by atoms with Crippen molar-refractivity contribution in [2.75, 3.05) is 13.4 Å². The molecule has 1 aromatic heterocycles. The number of H-pyrrole nitrogens is 1. The Kier molecular flexibility index (Phi) is 4.74. The van der Waals surface area contributed by atoms with Gasteiger partial charge in [0.1, 0.15) is 11.6 Å². The molecular weight excluding hydrogens is 329 g/mol. The summed E-state index contributed by atoms with van der Waals surface area (Å²) in [5.74, 6) is -0.777. The number of thioether (sulfide) groups is 1. The van der Waals surface area contributed by atoms with Crippen molar-refractivity contribution in [3.05, 3.63) is 38.4 Å². The molecule has 0 aliphatic heterocycles. The number of nitrogens with one attached hydrogen (secondary N) is 1. The van der Waals surface area contributed by atoms with Crippen molar-refractivity contribution in [3.8, 4) is 23.1 Å². The highest BCUT2D eigenvalue weighted by Crippen LogP contribution is 2.37. The van der Waals surface area contributed by atoms with Crippen LogP contribution in [0, 0.1) is 24.1 Å². The molecule has 2 aromatic rings. The second-order valence-corrected chi connectivity index (χ2v) is 5.46. The van der Waals surface area contributed by atoms with Crippen LogP contribution in [-0.4, -0.2) is 23.3 Å². The molecule has 0 aliphatic carbocycles. The van der Waals surface area contributed by atoms with E-state index < -0.39 is 11.4 Å². The topological polar surface area (TPSA) is 78.8 Å². The Hall–Kier alpha value is -2.04. The molecule has 1 heterocycles. The van der Waals surface area contributed by atoms with E-state index >= 15 is 0 Å². The number of hydrogen-bond donors (Lipinski definition) is 1. The standard InChI is InChI=1S/C14H11ClFN3O2S/c1-6-7(4-9(16)12(21-2)10(6)15)11-8(5-17)13(20)19-14(18-11)22-3/h4H,1-3H3,(H,18,19,20). The third-order valence-electron chi connectivity index (χ3n) is 3.08. The first kappa shape index (κ1) is 16.3. The minimum absolute atomic E-state index is 0.0779. The van der Waals surface area contributed by atoms with Crippen LogP contribution in [0.2, 0.25) is 5.02 Å². The second-order valence-electron chi connectivity index (χ2n) is 4.29. The Morgan fingerprint density at radius 1 is 1.55 bits per heavy atom. The van der Waals surface area contributed by atoms with Crippen molar-refractivity contribution in [2.45, 2.75) is 12.1 Å². The number of hydrogen-bond acceptors (Lipinski definition) is 5. The van der Waals surface area contributed by atoms with E-state index in [4.69, 9.17) is 16.3 Å². The maximum absolute atomic E-state index is 14.1. The summed E-state index contributed by atoms with van der Waals surface area (Å²) in [7, 11) is 1.31. The summed E-state index contributed by atoms with van der Waals surface area (Å²) in [6.07, 6.45) is 1.72. The average molecular weight is 340 g/mol. The first-order valence-corrected chi connectivity index (χ1v) is 7.66. The summed E-state index contributed by atoms with van der Waals surface area (Å²) in [5, 5.41) is 9.59. The van der Waals surface area contributed by atoms with Crippen LogP contribution in [-0.2, 0) is 0 Å². The monoisotopic (exact) mass is 339 g/mol. The highest BCUT2D eigenvalue weighted by atomic mass is 35.5. The largest absolute Gasteiger partial charge is 0.492 e. The fourth-order valence-electron chi connectivity index (χ4n) is 1.97. The smallest absolute Gasteiger partial charge is 0.270 e. The van der Waals surface area contributed by atoms with E-state index in [1.165, 1.54) is 18.9 Å². The summed E-state index contributed by atoms with van der Waals surface area (Å²) >= 11 is 7.30. The van der Waals surface area contributed by atoms with Gasteiger partial charge in [0.25, 0.3) is 5.56 Å². The second kappa shape index (κ2) is 6.38. The van der Waals surface area contributed by atoms with Gasteiger partial charge in [0.2, 0.25) is 0 Å². The molecule has 0 fully saturated rings. The van der Waals surface area contributed by atoms with Crippen LogP contribution in [0.15, 0.2) is 16.0 Å². The van der Waals surface area contributed by atoms with Gasteiger partial charge in [0, 0.05) is 5.56 Å². The summed E-state index contributed by atoms with van der Waals surface area (Å²) in [5.41, 5.74) is 0.0736. The summed E-state index contributed by atoms with van der Waals surface area (Å²) in [6, 6.07) is 2.96. The Labute approximate surface area is 135 Å². The number of ether oxygens (including phenoxy) is 1. The van der Waals surface area contributed by atoms with Crippen LogP contribution < -0.4 is 10.3 Å². The van der Waals surface area contributed by atoms with E-state index in [2.05, 4.69) is 9.97 Å². The molecule has 0 aliphatic rings. The normalized spacial score (nSPS) is 10.4.